The van der Waals surface area contributed by atoms with Crippen LogP contribution < -0.4 is 21.3 Å². The molecule has 1 amide bonds. The van der Waals surface area contributed by atoms with E-state index in [1.54, 1.807) is 0 Å². The van der Waals surface area contributed by atoms with Gasteiger partial charge < -0.3 is 21.3 Å². The molecule has 2 aromatic rings. The van der Waals surface area contributed by atoms with Gasteiger partial charge in [0.05, 0.1) is 6.54 Å². The number of piperidine rings is 1. The zero-order chi connectivity index (χ0) is 22.9. The third-order valence-corrected chi connectivity index (χ3v) is 6.04. The second-order valence-corrected chi connectivity index (χ2v) is 8.54. The third kappa shape index (κ3) is 6.45. The summed E-state index contributed by atoms with van der Waals surface area (Å²) in [6, 6.07) is 12.7. The standard InChI is InChI=1S/C25H36N6O/c1-4-27-25(29-16-19(3)20-9-7-18(2)8-10-20)30-17-22-6-5-13-28-24(22)31-14-11-21(12-15-31)23(26)32/h5-10,13,19,21H,4,11-12,14-17H2,1-3H3,(H2,26,32)(H2,27,29,30). The number of nitrogens with one attached hydrogen (secondary N) is 2. The highest BCUT2D eigenvalue weighted by Crippen LogP contribution is 2.25. The van der Waals surface area contributed by atoms with Gasteiger partial charge in [0.25, 0.3) is 0 Å². The van der Waals surface area contributed by atoms with Crippen molar-refractivity contribution < 1.29 is 4.79 Å². The monoisotopic (exact) mass is 436 g/mol. The number of aryl methyl sites for hydroxylation is 1. The maximum atomic E-state index is 11.5. The molecule has 7 nitrogen and oxygen atoms in total. The Hall–Kier alpha value is -3.09. The van der Waals surface area contributed by atoms with Crippen molar-refractivity contribution in [1.29, 1.82) is 0 Å². The summed E-state index contributed by atoms with van der Waals surface area (Å²) in [4.78, 5) is 23.1. The molecule has 0 radical (unpaired) electrons. The van der Waals surface area contributed by atoms with Gasteiger partial charge in [0, 0.05) is 43.9 Å². The molecule has 3 rings (SSSR count). The van der Waals surface area contributed by atoms with E-state index in [2.05, 4.69) is 71.6 Å². The molecule has 7 heteroatoms. The van der Waals surface area contributed by atoms with Crippen LogP contribution in [0.25, 0.3) is 0 Å². The highest BCUT2D eigenvalue weighted by molar-refractivity contribution is 5.80. The van der Waals surface area contributed by atoms with Crippen LogP contribution in [-0.2, 0) is 11.3 Å². The fourth-order valence-electron chi connectivity index (χ4n) is 3.98. The fourth-order valence-corrected chi connectivity index (χ4v) is 3.98. The van der Waals surface area contributed by atoms with E-state index >= 15 is 0 Å². The fraction of sp³-hybridized carbons (Fsp3) is 0.480. The second-order valence-electron chi connectivity index (χ2n) is 8.54. The Balaban J connectivity index is 1.63. The van der Waals surface area contributed by atoms with Gasteiger partial charge in [-0.25, -0.2) is 9.98 Å². The molecule has 0 saturated carbocycles. The van der Waals surface area contributed by atoms with E-state index in [9.17, 15) is 4.79 Å². The molecule has 0 aliphatic carbocycles. The van der Waals surface area contributed by atoms with Crippen molar-refractivity contribution in [3.8, 4) is 0 Å². The average molecular weight is 437 g/mol. The molecule has 1 saturated heterocycles. The Bertz CT molecular complexity index is 903. The summed E-state index contributed by atoms with van der Waals surface area (Å²) in [5.41, 5.74) is 9.14. The SMILES string of the molecule is CCNC(=NCc1cccnc1N1CCC(C(N)=O)CC1)NCC(C)c1ccc(C)cc1. The van der Waals surface area contributed by atoms with Crippen molar-refractivity contribution in [2.24, 2.45) is 16.6 Å². The Morgan fingerprint density at radius 2 is 1.94 bits per heavy atom. The van der Waals surface area contributed by atoms with E-state index in [0.717, 1.165) is 56.4 Å². The smallest absolute Gasteiger partial charge is 0.220 e. The lowest BCUT2D eigenvalue weighted by Gasteiger charge is -2.32. The van der Waals surface area contributed by atoms with E-state index in [1.165, 1.54) is 11.1 Å². The number of benzene rings is 1. The number of nitrogens with two attached hydrogens (primary N) is 1. The molecule has 1 aromatic heterocycles. The number of nitrogens with zero attached hydrogens (tertiary/aromatic N) is 3. The largest absolute Gasteiger partial charge is 0.369 e. The lowest BCUT2D eigenvalue weighted by Crippen LogP contribution is -2.40. The van der Waals surface area contributed by atoms with E-state index in [1.807, 2.05) is 12.3 Å². The van der Waals surface area contributed by atoms with E-state index in [4.69, 9.17) is 10.7 Å². The molecule has 172 valence electrons. The minimum atomic E-state index is -0.197. The number of anilines is 1. The first-order chi connectivity index (χ1) is 15.5. The van der Waals surface area contributed by atoms with Crippen LogP contribution in [0.5, 0.6) is 0 Å². The van der Waals surface area contributed by atoms with Gasteiger partial charge in [0.15, 0.2) is 5.96 Å². The van der Waals surface area contributed by atoms with Crippen LogP contribution in [0.3, 0.4) is 0 Å². The lowest BCUT2D eigenvalue weighted by atomic mass is 9.96. The molecule has 1 fully saturated rings. The summed E-state index contributed by atoms with van der Waals surface area (Å²) in [7, 11) is 0. The summed E-state index contributed by atoms with van der Waals surface area (Å²) < 4.78 is 0. The molecule has 1 aromatic carbocycles. The molecule has 0 spiro atoms. The maximum Gasteiger partial charge on any atom is 0.220 e. The number of aliphatic imine (C=N–C) groups is 1. The van der Waals surface area contributed by atoms with Crippen LogP contribution in [0.4, 0.5) is 5.82 Å². The predicted molar refractivity (Wildman–Crippen MR) is 131 cm³/mol. The van der Waals surface area contributed by atoms with Crippen LogP contribution in [0.1, 0.15) is 49.3 Å². The Morgan fingerprint density at radius 3 is 2.59 bits per heavy atom. The first-order valence-electron chi connectivity index (χ1n) is 11.5. The molecule has 0 bridgehead atoms. The molecule has 2 heterocycles. The summed E-state index contributed by atoms with van der Waals surface area (Å²) in [5, 5.41) is 6.81. The summed E-state index contributed by atoms with van der Waals surface area (Å²) in [5.74, 6) is 1.89. The van der Waals surface area contributed by atoms with Gasteiger partial charge in [0.2, 0.25) is 5.91 Å². The average Bonchev–Trinajstić information content (AvgIpc) is 2.81. The van der Waals surface area contributed by atoms with Crippen molar-refractivity contribution in [3.63, 3.8) is 0 Å². The summed E-state index contributed by atoms with van der Waals surface area (Å²) in [6.45, 7) is 10.1. The van der Waals surface area contributed by atoms with Crippen LogP contribution in [0.15, 0.2) is 47.6 Å². The van der Waals surface area contributed by atoms with Crippen LogP contribution in [0, 0.1) is 12.8 Å². The van der Waals surface area contributed by atoms with Crippen molar-refractivity contribution in [2.75, 3.05) is 31.1 Å². The number of guanidine groups is 1. The number of amides is 1. The van der Waals surface area contributed by atoms with Crippen LogP contribution in [0.2, 0.25) is 0 Å². The molecule has 4 N–H and O–H groups in total. The third-order valence-electron chi connectivity index (χ3n) is 6.04. The topological polar surface area (TPSA) is 95.6 Å². The van der Waals surface area contributed by atoms with Gasteiger partial charge in [-0.15, -0.1) is 0 Å². The van der Waals surface area contributed by atoms with E-state index in [-0.39, 0.29) is 11.8 Å². The number of hydrogen-bond acceptors (Lipinski definition) is 4. The van der Waals surface area contributed by atoms with Gasteiger partial charge in [-0.05, 0) is 44.2 Å². The highest BCUT2D eigenvalue weighted by Gasteiger charge is 2.24. The van der Waals surface area contributed by atoms with E-state index < -0.39 is 0 Å². The first-order valence-corrected chi connectivity index (χ1v) is 11.5. The second kappa shape index (κ2) is 11.5. The van der Waals surface area contributed by atoms with Crippen LogP contribution >= 0.6 is 0 Å². The number of aromatic nitrogens is 1. The van der Waals surface area contributed by atoms with Gasteiger partial charge in [0.1, 0.15) is 5.82 Å². The number of rotatable bonds is 8. The number of primary amides is 1. The molecule has 1 atom stereocenters. The van der Waals surface area contributed by atoms with Crippen molar-refractivity contribution in [1.82, 2.24) is 15.6 Å². The number of hydrogen-bond donors (Lipinski definition) is 3. The minimum absolute atomic E-state index is 0.0310. The van der Waals surface area contributed by atoms with Gasteiger partial charge in [-0.3, -0.25) is 4.79 Å². The highest BCUT2D eigenvalue weighted by atomic mass is 16.1. The Morgan fingerprint density at radius 1 is 1.22 bits per heavy atom. The molecular formula is C25H36N6O. The molecule has 1 unspecified atom stereocenters. The normalized spacial score (nSPS) is 16.0. The van der Waals surface area contributed by atoms with Gasteiger partial charge in [-0.2, -0.15) is 0 Å². The molecule has 32 heavy (non-hydrogen) atoms. The number of pyridine rings is 1. The minimum Gasteiger partial charge on any atom is -0.369 e. The molecular weight excluding hydrogens is 400 g/mol. The number of carbonyl (C=O) groups is 1. The van der Waals surface area contributed by atoms with Crippen molar-refractivity contribution in [3.05, 3.63) is 59.3 Å². The van der Waals surface area contributed by atoms with Crippen molar-refractivity contribution >= 4 is 17.7 Å². The maximum absolute atomic E-state index is 11.5. The van der Waals surface area contributed by atoms with Crippen molar-refractivity contribution in [2.45, 2.75) is 46.1 Å². The number of carbonyl (C=O) groups excluding carboxylic acids is 1. The summed E-state index contributed by atoms with van der Waals surface area (Å²) in [6.07, 6.45) is 3.36. The Labute approximate surface area is 191 Å². The lowest BCUT2D eigenvalue weighted by molar-refractivity contribution is -0.122. The van der Waals surface area contributed by atoms with E-state index in [0.29, 0.717) is 12.5 Å². The zero-order valence-electron chi connectivity index (χ0n) is 19.5. The summed E-state index contributed by atoms with van der Waals surface area (Å²) >= 11 is 0. The molecule has 1 aliphatic heterocycles. The molecule has 1 aliphatic rings. The first kappa shape index (κ1) is 23.6. The predicted octanol–water partition coefficient (Wildman–Crippen LogP) is 2.95. The van der Waals surface area contributed by atoms with Gasteiger partial charge in [-0.1, -0.05) is 42.8 Å². The van der Waals surface area contributed by atoms with Gasteiger partial charge >= 0.3 is 0 Å². The quantitative estimate of drug-likeness (QED) is 0.437. The Kier molecular flexibility index (Phi) is 8.48. The van der Waals surface area contributed by atoms with Crippen LogP contribution in [-0.4, -0.2) is 43.0 Å². The zero-order valence-corrected chi connectivity index (χ0v) is 19.5.